The van der Waals surface area contributed by atoms with E-state index >= 15 is 0 Å². The topological polar surface area (TPSA) is 26.3 Å². The minimum Gasteiger partial charge on any atom is -0.543 e. The molecule has 0 spiro atoms. The lowest BCUT2D eigenvalue weighted by Crippen LogP contribution is -2.44. The van der Waals surface area contributed by atoms with Gasteiger partial charge in [-0.1, -0.05) is 33.6 Å². The summed E-state index contributed by atoms with van der Waals surface area (Å²) in [4.78, 5) is 11.1. The van der Waals surface area contributed by atoms with Gasteiger partial charge in [0.15, 0.2) is 0 Å². The number of benzene rings is 1. The Kier molecular flexibility index (Phi) is 4.62. The van der Waals surface area contributed by atoms with Crippen LogP contribution >= 0.6 is 0 Å². The lowest BCUT2D eigenvalue weighted by Gasteiger charge is -2.37. The standard InChI is InChI=1S/C18H28O2Si/c1-18(2,3)21(4,5)20-17-11-10-14(13-19)12-16(17)15-8-6-7-9-15/h10-13,15H,6-9H2,1-5H3. The molecule has 1 aliphatic rings. The second-order valence-electron chi connectivity index (χ2n) is 7.76. The van der Waals surface area contributed by atoms with Crippen LogP contribution in [0.25, 0.3) is 0 Å². The first-order valence-corrected chi connectivity index (χ1v) is 10.9. The minimum atomic E-state index is -1.84. The number of aldehydes is 1. The van der Waals surface area contributed by atoms with Crippen molar-refractivity contribution < 1.29 is 9.22 Å². The lowest BCUT2D eigenvalue weighted by atomic mass is 9.95. The third-order valence-electron chi connectivity index (χ3n) is 5.14. The number of carbonyl (C=O) groups is 1. The smallest absolute Gasteiger partial charge is 0.250 e. The highest BCUT2D eigenvalue weighted by atomic mass is 28.4. The highest BCUT2D eigenvalue weighted by molar-refractivity contribution is 6.74. The number of hydrogen-bond acceptors (Lipinski definition) is 2. The average Bonchev–Trinajstić information content (AvgIpc) is 2.91. The summed E-state index contributed by atoms with van der Waals surface area (Å²) in [5, 5.41) is 0.184. The van der Waals surface area contributed by atoms with Crippen LogP contribution < -0.4 is 4.43 Å². The van der Waals surface area contributed by atoms with Gasteiger partial charge in [0.25, 0.3) is 0 Å². The molecule has 0 N–H and O–H groups in total. The van der Waals surface area contributed by atoms with Crippen molar-refractivity contribution >= 4 is 14.6 Å². The molecule has 0 radical (unpaired) electrons. The fourth-order valence-electron chi connectivity index (χ4n) is 2.72. The van der Waals surface area contributed by atoms with Crippen LogP contribution in [0, 0.1) is 0 Å². The molecule has 0 bridgehead atoms. The van der Waals surface area contributed by atoms with Crippen LogP contribution in [0.3, 0.4) is 0 Å². The first-order chi connectivity index (χ1) is 9.74. The first kappa shape index (κ1) is 16.3. The Balaban J connectivity index is 2.36. The van der Waals surface area contributed by atoms with E-state index in [-0.39, 0.29) is 5.04 Å². The summed E-state index contributed by atoms with van der Waals surface area (Å²) in [5.41, 5.74) is 2.02. The second-order valence-corrected chi connectivity index (χ2v) is 12.5. The van der Waals surface area contributed by atoms with Gasteiger partial charge in [-0.15, -0.1) is 0 Å². The molecular formula is C18H28O2Si. The monoisotopic (exact) mass is 304 g/mol. The summed E-state index contributed by atoms with van der Waals surface area (Å²) in [5.74, 6) is 1.57. The fourth-order valence-corrected chi connectivity index (χ4v) is 3.76. The van der Waals surface area contributed by atoms with Crippen molar-refractivity contribution in [3.8, 4) is 5.75 Å². The van der Waals surface area contributed by atoms with Crippen LogP contribution in [-0.4, -0.2) is 14.6 Å². The van der Waals surface area contributed by atoms with E-state index in [1.54, 1.807) is 0 Å². The Morgan fingerprint density at radius 1 is 1.19 bits per heavy atom. The lowest BCUT2D eigenvalue weighted by molar-refractivity contribution is 0.112. The first-order valence-electron chi connectivity index (χ1n) is 8.03. The maximum atomic E-state index is 11.1. The minimum absolute atomic E-state index is 0.184. The van der Waals surface area contributed by atoms with Gasteiger partial charge >= 0.3 is 0 Å². The van der Waals surface area contributed by atoms with E-state index in [1.807, 2.05) is 18.2 Å². The fraction of sp³-hybridized carbons (Fsp3) is 0.611. The molecule has 1 aliphatic carbocycles. The van der Waals surface area contributed by atoms with Crippen LogP contribution in [0.1, 0.15) is 68.3 Å². The molecule has 0 amide bonds. The normalized spacial score (nSPS) is 17.0. The van der Waals surface area contributed by atoms with Gasteiger partial charge in [-0.3, -0.25) is 4.79 Å². The Morgan fingerprint density at radius 2 is 1.81 bits per heavy atom. The molecule has 0 aromatic heterocycles. The average molecular weight is 305 g/mol. The van der Waals surface area contributed by atoms with E-state index in [2.05, 4.69) is 33.9 Å². The summed E-state index contributed by atoms with van der Waals surface area (Å²) >= 11 is 0. The molecule has 1 saturated carbocycles. The van der Waals surface area contributed by atoms with Crippen LogP contribution in [0.2, 0.25) is 18.1 Å². The summed E-state index contributed by atoms with van der Waals surface area (Å²) in [7, 11) is -1.84. The Morgan fingerprint density at radius 3 is 2.33 bits per heavy atom. The predicted molar refractivity (Wildman–Crippen MR) is 90.9 cm³/mol. The van der Waals surface area contributed by atoms with Crippen molar-refractivity contribution in [2.24, 2.45) is 0 Å². The van der Waals surface area contributed by atoms with Crippen molar-refractivity contribution in [1.29, 1.82) is 0 Å². The molecule has 116 valence electrons. The third kappa shape index (κ3) is 3.57. The zero-order valence-electron chi connectivity index (χ0n) is 14.0. The van der Waals surface area contributed by atoms with Gasteiger partial charge in [0, 0.05) is 5.56 Å². The van der Waals surface area contributed by atoms with Gasteiger partial charge in [-0.2, -0.15) is 0 Å². The molecule has 0 aliphatic heterocycles. The third-order valence-corrected chi connectivity index (χ3v) is 9.48. The molecule has 1 aromatic rings. The Labute approximate surface area is 130 Å². The van der Waals surface area contributed by atoms with Crippen molar-refractivity contribution in [1.82, 2.24) is 0 Å². The van der Waals surface area contributed by atoms with E-state index < -0.39 is 8.32 Å². The van der Waals surface area contributed by atoms with Gasteiger partial charge in [0.1, 0.15) is 12.0 Å². The molecule has 3 heteroatoms. The van der Waals surface area contributed by atoms with Crippen molar-refractivity contribution in [3.05, 3.63) is 29.3 Å². The second kappa shape index (κ2) is 5.96. The highest BCUT2D eigenvalue weighted by Crippen LogP contribution is 2.43. The van der Waals surface area contributed by atoms with E-state index in [9.17, 15) is 4.79 Å². The molecule has 21 heavy (non-hydrogen) atoms. The van der Waals surface area contributed by atoms with E-state index in [4.69, 9.17) is 4.43 Å². The Bertz CT molecular complexity index is 508. The zero-order valence-corrected chi connectivity index (χ0v) is 15.0. The molecule has 0 saturated heterocycles. The molecule has 0 atom stereocenters. The molecular weight excluding hydrogens is 276 g/mol. The summed E-state index contributed by atoms with van der Waals surface area (Å²) < 4.78 is 6.53. The molecule has 2 nitrogen and oxygen atoms in total. The predicted octanol–water partition coefficient (Wildman–Crippen LogP) is 5.54. The maximum Gasteiger partial charge on any atom is 0.250 e. The molecule has 0 heterocycles. The van der Waals surface area contributed by atoms with Gasteiger partial charge < -0.3 is 4.43 Å². The van der Waals surface area contributed by atoms with Crippen molar-refractivity contribution in [2.75, 3.05) is 0 Å². The summed E-state index contributed by atoms with van der Waals surface area (Å²) in [6.45, 7) is 11.3. The van der Waals surface area contributed by atoms with Gasteiger partial charge in [0.2, 0.25) is 8.32 Å². The molecule has 1 aromatic carbocycles. The quantitative estimate of drug-likeness (QED) is 0.539. The number of carbonyl (C=O) groups excluding carboxylic acids is 1. The number of hydrogen-bond donors (Lipinski definition) is 0. The van der Waals surface area contributed by atoms with Gasteiger partial charge in [-0.05, 0) is 60.7 Å². The summed E-state index contributed by atoms with van der Waals surface area (Å²) in [6.07, 6.45) is 5.95. The van der Waals surface area contributed by atoms with Crippen LogP contribution in [0.5, 0.6) is 5.75 Å². The Hall–Kier alpha value is -1.09. The van der Waals surface area contributed by atoms with E-state index in [1.165, 1.54) is 31.2 Å². The van der Waals surface area contributed by atoms with Gasteiger partial charge in [0.05, 0.1) is 0 Å². The highest BCUT2D eigenvalue weighted by Gasteiger charge is 2.39. The molecule has 1 fully saturated rings. The maximum absolute atomic E-state index is 11.1. The SMILES string of the molecule is CC(C)(C)[Si](C)(C)Oc1ccc(C=O)cc1C1CCCC1. The van der Waals surface area contributed by atoms with Crippen molar-refractivity contribution in [3.63, 3.8) is 0 Å². The van der Waals surface area contributed by atoms with E-state index in [0.29, 0.717) is 5.92 Å². The molecule has 0 unspecified atom stereocenters. The van der Waals surface area contributed by atoms with E-state index in [0.717, 1.165) is 17.6 Å². The molecule has 2 rings (SSSR count). The van der Waals surface area contributed by atoms with Crippen LogP contribution in [0.4, 0.5) is 0 Å². The van der Waals surface area contributed by atoms with Crippen LogP contribution in [0.15, 0.2) is 18.2 Å². The largest absolute Gasteiger partial charge is 0.543 e. The summed E-state index contributed by atoms with van der Waals surface area (Å²) in [6, 6.07) is 5.94. The van der Waals surface area contributed by atoms with Crippen LogP contribution in [-0.2, 0) is 0 Å². The van der Waals surface area contributed by atoms with Crippen molar-refractivity contribution in [2.45, 2.75) is 70.5 Å². The number of rotatable bonds is 4. The van der Waals surface area contributed by atoms with Gasteiger partial charge in [-0.25, -0.2) is 0 Å². The zero-order chi connectivity index (χ0) is 15.7.